The van der Waals surface area contributed by atoms with Gasteiger partial charge in [-0.2, -0.15) is 13.2 Å². The summed E-state index contributed by atoms with van der Waals surface area (Å²) in [4.78, 5) is 13.2. The van der Waals surface area contributed by atoms with Gasteiger partial charge in [-0.3, -0.25) is 15.1 Å². The Morgan fingerprint density at radius 3 is 2.31 bits per heavy atom. The van der Waals surface area contributed by atoms with Gasteiger partial charge in [-0.1, -0.05) is 0 Å². The summed E-state index contributed by atoms with van der Waals surface area (Å²) in [7, 11) is 0. The maximum absolute atomic E-state index is 12.7. The van der Waals surface area contributed by atoms with E-state index in [4.69, 9.17) is 0 Å². The van der Waals surface area contributed by atoms with Crippen LogP contribution in [0.4, 0.5) is 18.9 Å². The number of nitro groups is 1. The van der Waals surface area contributed by atoms with Crippen molar-refractivity contribution >= 4 is 5.69 Å². The van der Waals surface area contributed by atoms with E-state index in [9.17, 15) is 23.3 Å². The van der Waals surface area contributed by atoms with E-state index in [0.717, 1.165) is 18.3 Å². The smallest absolute Gasteiger partial charge is 0.258 e. The first-order valence-corrected chi connectivity index (χ1v) is 4.54. The number of aromatic nitrogens is 1. The fraction of sp³-hybridized carbons (Fsp3) is 0.444. The van der Waals surface area contributed by atoms with Crippen molar-refractivity contribution in [3.05, 3.63) is 34.1 Å². The normalized spacial score (nSPS) is 18.2. The third-order valence-electron chi connectivity index (χ3n) is 2.74. The zero-order chi connectivity index (χ0) is 12.0. The van der Waals surface area contributed by atoms with Gasteiger partial charge in [-0.15, -0.1) is 0 Å². The zero-order valence-corrected chi connectivity index (χ0v) is 7.99. The van der Waals surface area contributed by atoms with Gasteiger partial charge in [0.1, 0.15) is 11.6 Å². The molecule has 0 amide bonds. The molecule has 1 heterocycles. The van der Waals surface area contributed by atoms with E-state index in [2.05, 4.69) is 4.98 Å². The predicted molar refractivity (Wildman–Crippen MR) is 47.9 cm³/mol. The second-order valence-electron chi connectivity index (χ2n) is 3.74. The van der Waals surface area contributed by atoms with Gasteiger partial charge >= 0.3 is 6.18 Å². The van der Waals surface area contributed by atoms with E-state index in [1.807, 2.05) is 0 Å². The third-order valence-corrected chi connectivity index (χ3v) is 2.74. The summed E-state index contributed by atoms with van der Waals surface area (Å²) in [6, 6.07) is 2.13. The monoisotopic (exact) mass is 232 g/mol. The molecular formula is C9H7F3N2O2. The highest BCUT2D eigenvalue weighted by Gasteiger charge is 2.65. The van der Waals surface area contributed by atoms with Crippen LogP contribution in [-0.4, -0.2) is 16.1 Å². The lowest BCUT2D eigenvalue weighted by atomic mass is 10.0. The van der Waals surface area contributed by atoms with Gasteiger partial charge in [-0.25, -0.2) is 0 Å². The highest BCUT2D eigenvalue weighted by molar-refractivity contribution is 5.34. The van der Waals surface area contributed by atoms with Crippen LogP contribution in [0, 0.1) is 10.1 Å². The molecule has 0 bridgehead atoms. The molecule has 0 aromatic carbocycles. The molecule has 0 atom stereocenters. The van der Waals surface area contributed by atoms with Crippen molar-refractivity contribution in [1.82, 2.24) is 4.98 Å². The van der Waals surface area contributed by atoms with Crippen molar-refractivity contribution in [1.29, 1.82) is 0 Å². The van der Waals surface area contributed by atoms with Crippen molar-refractivity contribution in [3.8, 4) is 0 Å². The highest BCUT2D eigenvalue weighted by Crippen LogP contribution is 2.58. The van der Waals surface area contributed by atoms with Crippen molar-refractivity contribution in [2.75, 3.05) is 0 Å². The molecule has 0 spiro atoms. The summed E-state index contributed by atoms with van der Waals surface area (Å²) in [5, 5.41) is 10.3. The molecule has 4 nitrogen and oxygen atoms in total. The molecule has 1 aliphatic carbocycles. The van der Waals surface area contributed by atoms with Gasteiger partial charge in [-0.05, 0) is 18.9 Å². The van der Waals surface area contributed by atoms with Gasteiger partial charge in [0.15, 0.2) is 0 Å². The number of pyridine rings is 1. The Morgan fingerprint density at radius 1 is 1.38 bits per heavy atom. The van der Waals surface area contributed by atoms with Crippen LogP contribution >= 0.6 is 0 Å². The van der Waals surface area contributed by atoms with Gasteiger partial charge < -0.3 is 0 Å². The average molecular weight is 232 g/mol. The Morgan fingerprint density at radius 2 is 2.00 bits per heavy atom. The van der Waals surface area contributed by atoms with Crippen LogP contribution in [0.25, 0.3) is 0 Å². The first-order chi connectivity index (χ1) is 7.37. The maximum atomic E-state index is 12.7. The van der Waals surface area contributed by atoms with Gasteiger partial charge in [0.25, 0.3) is 5.69 Å². The first-order valence-electron chi connectivity index (χ1n) is 4.54. The van der Waals surface area contributed by atoms with Crippen LogP contribution in [0.5, 0.6) is 0 Å². The molecule has 7 heteroatoms. The summed E-state index contributed by atoms with van der Waals surface area (Å²) in [5.41, 5.74) is -2.31. The summed E-state index contributed by atoms with van der Waals surface area (Å²) in [6.45, 7) is 0. The molecule has 0 saturated heterocycles. The molecule has 1 saturated carbocycles. The Kier molecular flexibility index (Phi) is 2.14. The number of alkyl halides is 3. The summed E-state index contributed by atoms with van der Waals surface area (Å²) < 4.78 is 38.0. The zero-order valence-electron chi connectivity index (χ0n) is 7.99. The van der Waals surface area contributed by atoms with Crippen LogP contribution in [0.1, 0.15) is 18.5 Å². The highest BCUT2D eigenvalue weighted by atomic mass is 19.4. The largest absolute Gasteiger partial charge is 0.399 e. The minimum atomic E-state index is -4.34. The third kappa shape index (κ3) is 1.52. The molecule has 86 valence electrons. The molecule has 1 aromatic heterocycles. The molecule has 1 aromatic rings. The van der Waals surface area contributed by atoms with Crippen LogP contribution in [0.15, 0.2) is 18.3 Å². The van der Waals surface area contributed by atoms with Gasteiger partial charge in [0.05, 0.1) is 10.6 Å². The summed E-state index contributed by atoms with van der Waals surface area (Å²) >= 11 is 0. The molecule has 16 heavy (non-hydrogen) atoms. The standard InChI is InChI=1S/C9H7F3N2O2/c10-9(11,12)8(3-4-8)7-2-1-6(5-13-7)14(15)16/h1-2,5H,3-4H2. The fourth-order valence-electron chi connectivity index (χ4n) is 1.59. The maximum Gasteiger partial charge on any atom is 0.399 e. The lowest BCUT2D eigenvalue weighted by molar-refractivity contribution is -0.385. The quantitative estimate of drug-likeness (QED) is 0.581. The second-order valence-corrected chi connectivity index (χ2v) is 3.74. The lowest BCUT2D eigenvalue weighted by Gasteiger charge is -2.17. The number of nitrogens with zero attached hydrogens (tertiary/aromatic N) is 2. The Labute approximate surface area is 88.3 Å². The van der Waals surface area contributed by atoms with Crippen molar-refractivity contribution in [3.63, 3.8) is 0 Å². The first kappa shape index (κ1) is 10.8. The summed E-state index contributed by atoms with van der Waals surface area (Å²) in [5.74, 6) is 0. The minimum absolute atomic E-state index is 0.00130. The van der Waals surface area contributed by atoms with E-state index in [-0.39, 0.29) is 24.2 Å². The second kappa shape index (κ2) is 3.16. The van der Waals surface area contributed by atoms with E-state index < -0.39 is 16.5 Å². The van der Waals surface area contributed by atoms with Crippen LogP contribution in [-0.2, 0) is 5.41 Å². The number of hydrogen-bond donors (Lipinski definition) is 0. The summed E-state index contributed by atoms with van der Waals surface area (Å²) in [6.07, 6.45) is -3.47. The molecule has 0 radical (unpaired) electrons. The number of hydrogen-bond acceptors (Lipinski definition) is 3. The molecular weight excluding hydrogens is 225 g/mol. The van der Waals surface area contributed by atoms with Crippen LogP contribution in [0.3, 0.4) is 0 Å². The topological polar surface area (TPSA) is 56.0 Å². The minimum Gasteiger partial charge on any atom is -0.258 e. The van der Waals surface area contributed by atoms with Crippen LogP contribution in [0.2, 0.25) is 0 Å². The number of halogens is 3. The number of rotatable bonds is 2. The lowest BCUT2D eigenvalue weighted by Crippen LogP contribution is -2.29. The molecule has 2 rings (SSSR count). The van der Waals surface area contributed by atoms with Crippen LogP contribution < -0.4 is 0 Å². The van der Waals surface area contributed by atoms with E-state index >= 15 is 0 Å². The molecule has 1 fully saturated rings. The van der Waals surface area contributed by atoms with Crippen molar-refractivity contribution < 1.29 is 18.1 Å². The van der Waals surface area contributed by atoms with Crippen molar-refractivity contribution in [2.45, 2.75) is 24.4 Å². The molecule has 0 unspecified atom stereocenters. The molecule has 0 N–H and O–H groups in total. The predicted octanol–water partition coefficient (Wildman–Crippen LogP) is 2.58. The van der Waals surface area contributed by atoms with Gasteiger partial charge in [0, 0.05) is 6.07 Å². The molecule has 0 aliphatic heterocycles. The average Bonchev–Trinajstić information content (AvgIpc) is 2.97. The Balaban J connectivity index is 2.33. The Bertz CT molecular complexity index is 423. The van der Waals surface area contributed by atoms with Crippen molar-refractivity contribution in [2.24, 2.45) is 0 Å². The fourth-order valence-corrected chi connectivity index (χ4v) is 1.59. The molecule has 1 aliphatic rings. The Hall–Kier alpha value is -1.66. The van der Waals surface area contributed by atoms with E-state index in [1.54, 1.807) is 0 Å². The van der Waals surface area contributed by atoms with E-state index in [1.165, 1.54) is 0 Å². The SMILES string of the molecule is O=[N+]([O-])c1ccc(C2(C(F)(F)F)CC2)nc1. The van der Waals surface area contributed by atoms with Gasteiger partial charge in [0.2, 0.25) is 0 Å². The van der Waals surface area contributed by atoms with E-state index in [0.29, 0.717) is 0 Å².